The lowest BCUT2D eigenvalue weighted by molar-refractivity contribution is 0.159. The van der Waals surface area contributed by atoms with Crippen molar-refractivity contribution in [3.63, 3.8) is 0 Å². The average Bonchev–Trinajstić information content (AvgIpc) is 2.45. The second-order valence-electron chi connectivity index (χ2n) is 6.07. The molecule has 21 heavy (non-hydrogen) atoms. The predicted octanol–water partition coefficient (Wildman–Crippen LogP) is 3.15. The molecule has 1 N–H and O–H groups in total. The van der Waals surface area contributed by atoms with Crippen molar-refractivity contribution in [3.8, 4) is 0 Å². The highest BCUT2D eigenvalue weighted by atomic mass is 16.4. The molecule has 2 rings (SSSR count). The minimum Gasteiger partial charge on any atom is -0.465 e. The maximum atomic E-state index is 11.4. The van der Waals surface area contributed by atoms with Crippen LogP contribution in [0.4, 0.5) is 4.79 Å². The first-order valence-corrected chi connectivity index (χ1v) is 7.42. The number of likely N-dealkylation sites (N-methyl/N-ethyl adjacent to an activating group) is 1. The number of rotatable bonds is 4. The summed E-state index contributed by atoms with van der Waals surface area (Å²) in [5.41, 5.74) is 3.08. The standard InChI is InChI=1S/C17H24N2O2/c1-13-4-9-16(19(12-13)17(20)21)15-7-5-14(6-8-15)10-11-18(2)3/h5-9,13H,4,10-12H2,1-3H3,(H,20,21). The molecule has 0 spiro atoms. The summed E-state index contributed by atoms with van der Waals surface area (Å²) in [6.45, 7) is 3.66. The summed E-state index contributed by atoms with van der Waals surface area (Å²) in [5, 5.41) is 9.37. The maximum Gasteiger partial charge on any atom is 0.411 e. The molecule has 0 aliphatic carbocycles. The van der Waals surface area contributed by atoms with Crippen LogP contribution in [-0.4, -0.2) is 48.2 Å². The molecule has 0 bridgehead atoms. The number of carbonyl (C=O) groups is 1. The molecule has 1 unspecified atom stereocenters. The van der Waals surface area contributed by atoms with E-state index in [-0.39, 0.29) is 0 Å². The van der Waals surface area contributed by atoms with Crippen molar-refractivity contribution in [1.29, 1.82) is 0 Å². The van der Waals surface area contributed by atoms with Gasteiger partial charge in [0.05, 0.1) is 5.70 Å². The number of allylic oxidation sites excluding steroid dienone is 1. The van der Waals surface area contributed by atoms with Crippen molar-refractivity contribution < 1.29 is 9.90 Å². The second-order valence-corrected chi connectivity index (χ2v) is 6.07. The summed E-state index contributed by atoms with van der Waals surface area (Å²) in [7, 11) is 4.13. The van der Waals surface area contributed by atoms with E-state index < -0.39 is 6.09 Å². The Bertz CT molecular complexity index is 520. The van der Waals surface area contributed by atoms with Crippen molar-refractivity contribution in [3.05, 3.63) is 41.5 Å². The molecule has 0 fully saturated rings. The fourth-order valence-electron chi connectivity index (χ4n) is 2.56. The lowest BCUT2D eigenvalue weighted by atomic mass is 9.97. The lowest BCUT2D eigenvalue weighted by Crippen LogP contribution is -2.34. The minimum absolute atomic E-state index is 0.379. The van der Waals surface area contributed by atoms with E-state index in [4.69, 9.17) is 0 Å². The summed E-state index contributed by atoms with van der Waals surface area (Å²) in [4.78, 5) is 15.0. The Balaban J connectivity index is 2.15. The Morgan fingerprint density at radius 1 is 1.33 bits per heavy atom. The molecule has 0 radical (unpaired) electrons. The maximum absolute atomic E-state index is 11.4. The number of carboxylic acid groups (broad SMARTS) is 1. The molecular weight excluding hydrogens is 264 g/mol. The van der Waals surface area contributed by atoms with E-state index in [1.54, 1.807) is 0 Å². The Labute approximate surface area is 126 Å². The normalized spacial score (nSPS) is 18.8. The summed E-state index contributed by atoms with van der Waals surface area (Å²) < 4.78 is 0. The van der Waals surface area contributed by atoms with Gasteiger partial charge in [-0.15, -0.1) is 0 Å². The number of amides is 1. The first-order chi connectivity index (χ1) is 9.97. The highest BCUT2D eigenvalue weighted by Gasteiger charge is 2.24. The van der Waals surface area contributed by atoms with Crippen LogP contribution in [0.5, 0.6) is 0 Å². The van der Waals surface area contributed by atoms with Gasteiger partial charge in [0.25, 0.3) is 0 Å². The topological polar surface area (TPSA) is 43.8 Å². The smallest absolute Gasteiger partial charge is 0.411 e. The lowest BCUT2D eigenvalue weighted by Gasteiger charge is -2.30. The van der Waals surface area contributed by atoms with Crippen LogP contribution in [0.2, 0.25) is 0 Å². The molecular formula is C17H24N2O2. The van der Waals surface area contributed by atoms with Crippen LogP contribution in [0, 0.1) is 5.92 Å². The van der Waals surface area contributed by atoms with Gasteiger partial charge in [0.1, 0.15) is 0 Å². The molecule has 4 nitrogen and oxygen atoms in total. The van der Waals surface area contributed by atoms with Crippen LogP contribution in [-0.2, 0) is 6.42 Å². The Hall–Kier alpha value is -1.81. The number of hydrogen-bond acceptors (Lipinski definition) is 2. The Morgan fingerprint density at radius 2 is 2.00 bits per heavy atom. The van der Waals surface area contributed by atoms with E-state index in [9.17, 15) is 9.90 Å². The summed E-state index contributed by atoms with van der Waals surface area (Å²) in [5.74, 6) is 0.379. The average molecular weight is 288 g/mol. The monoisotopic (exact) mass is 288 g/mol. The van der Waals surface area contributed by atoms with Gasteiger partial charge in [-0.05, 0) is 44.0 Å². The summed E-state index contributed by atoms with van der Waals surface area (Å²) in [6, 6.07) is 8.25. The molecule has 1 atom stereocenters. The third kappa shape index (κ3) is 4.08. The van der Waals surface area contributed by atoms with E-state index >= 15 is 0 Å². The van der Waals surface area contributed by atoms with E-state index in [1.807, 2.05) is 18.2 Å². The molecule has 1 aromatic carbocycles. The van der Waals surface area contributed by atoms with Gasteiger partial charge in [-0.1, -0.05) is 37.3 Å². The molecule has 1 amide bonds. The van der Waals surface area contributed by atoms with Crippen LogP contribution in [0.25, 0.3) is 5.70 Å². The number of benzene rings is 1. The Morgan fingerprint density at radius 3 is 2.57 bits per heavy atom. The van der Waals surface area contributed by atoms with Gasteiger partial charge in [-0.3, -0.25) is 4.90 Å². The predicted molar refractivity (Wildman–Crippen MR) is 85.2 cm³/mol. The van der Waals surface area contributed by atoms with Crippen LogP contribution in [0.3, 0.4) is 0 Å². The number of hydrogen-bond donors (Lipinski definition) is 1. The van der Waals surface area contributed by atoms with Crippen molar-refractivity contribution in [2.75, 3.05) is 27.2 Å². The third-order valence-electron chi connectivity index (χ3n) is 3.83. The molecule has 1 aromatic rings. The van der Waals surface area contributed by atoms with Crippen molar-refractivity contribution in [2.45, 2.75) is 19.8 Å². The number of nitrogens with zero attached hydrogens (tertiary/aromatic N) is 2. The summed E-state index contributed by atoms with van der Waals surface area (Å²) in [6.07, 6.45) is 3.11. The van der Waals surface area contributed by atoms with Gasteiger partial charge >= 0.3 is 6.09 Å². The molecule has 0 saturated carbocycles. The SMILES string of the molecule is CC1CC=C(c2ccc(CCN(C)C)cc2)N(C(=O)O)C1. The molecule has 114 valence electrons. The fraction of sp³-hybridized carbons (Fsp3) is 0.471. The molecule has 0 aromatic heterocycles. The fourth-order valence-corrected chi connectivity index (χ4v) is 2.56. The van der Waals surface area contributed by atoms with E-state index in [0.29, 0.717) is 12.5 Å². The third-order valence-corrected chi connectivity index (χ3v) is 3.83. The second kappa shape index (κ2) is 6.76. The molecule has 1 aliphatic rings. The van der Waals surface area contributed by atoms with Gasteiger partial charge in [-0.25, -0.2) is 4.79 Å². The quantitative estimate of drug-likeness (QED) is 0.925. The van der Waals surface area contributed by atoms with Gasteiger partial charge in [-0.2, -0.15) is 0 Å². The summed E-state index contributed by atoms with van der Waals surface area (Å²) >= 11 is 0. The van der Waals surface area contributed by atoms with E-state index in [2.05, 4.69) is 38.1 Å². The zero-order valence-electron chi connectivity index (χ0n) is 13.0. The molecule has 4 heteroatoms. The van der Waals surface area contributed by atoms with Crippen LogP contribution < -0.4 is 0 Å². The first-order valence-electron chi connectivity index (χ1n) is 7.42. The van der Waals surface area contributed by atoms with Crippen LogP contribution in [0.15, 0.2) is 30.3 Å². The van der Waals surface area contributed by atoms with Gasteiger partial charge < -0.3 is 10.0 Å². The molecule has 1 aliphatic heterocycles. The highest BCUT2D eigenvalue weighted by molar-refractivity contribution is 5.81. The van der Waals surface area contributed by atoms with E-state index in [1.165, 1.54) is 10.5 Å². The van der Waals surface area contributed by atoms with Crippen molar-refractivity contribution >= 4 is 11.8 Å². The largest absolute Gasteiger partial charge is 0.465 e. The zero-order chi connectivity index (χ0) is 15.4. The highest BCUT2D eigenvalue weighted by Crippen LogP contribution is 2.27. The minimum atomic E-state index is -0.871. The van der Waals surface area contributed by atoms with Crippen molar-refractivity contribution in [1.82, 2.24) is 9.80 Å². The van der Waals surface area contributed by atoms with E-state index in [0.717, 1.165) is 30.6 Å². The zero-order valence-corrected chi connectivity index (χ0v) is 13.0. The van der Waals surface area contributed by atoms with Crippen molar-refractivity contribution in [2.24, 2.45) is 5.92 Å². The van der Waals surface area contributed by atoms with Crippen LogP contribution in [0.1, 0.15) is 24.5 Å². The van der Waals surface area contributed by atoms with Crippen LogP contribution >= 0.6 is 0 Å². The van der Waals surface area contributed by atoms with Gasteiger partial charge in [0, 0.05) is 13.1 Å². The molecule has 0 saturated heterocycles. The Kier molecular flexibility index (Phi) is 5.02. The first kappa shape index (κ1) is 15.6. The molecule has 1 heterocycles. The van der Waals surface area contributed by atoms with Gasteiger partial charge in [0.2, 0.25) is 0 Å². The van der Waals surface area contributed by atoms with Gasteiger partial charge in [0.15, 0.2) is 0 Å².